The molecule has 0 spiro atoms. The Kier molecular flexibility index (Phi) is 3.49. The molecular formula is C13H19N7. The first kappa shape index (κ1) is 12.8. The summed E-state index contributed by atoms with van der Waals surface area (Å²) < 4.78 is 1.60. The van der Waals surface area contributed by atoms with E-state index in [1.165, 1.54) is 25.7 Å². The predicted molar refractivity (Wildman–Crippen MR) is 76.6 cm³/mol. The Labute approximate surface area is 117 Å². The molecular weight excluding hydrogens is 254 g/mol. The van der Waals surface area contributed by atoms with E-state index in [9.17, 15) is 0 Å². The number of nitrogens with zero attached hydrogens (tertiary/aromatic N) is 6. The molecule has 0 bridgehead atoms. The molecule has 0 aromatic carbocycles. The molecule has 1 fully saturated rings. The lowest BCUT2D eigenvalue weighted by atomic mass is 10.2. The van der Waals surface area contributed by atoms with Crippen molar-refractivity contribution >= 4 is 11.9 Å². The van der Waals surface area contributed by atoms with Crippen LogP contribution in [0.2, 0.25) is 0 Å². The van der Waals surface area contributed by atoms with E-state index in [-0.39, 0.29) is 5.95 Å². The van der Waals surface area contributed by atoms with Gasteiger partial charge in [0.2, 0.25) is 11.9 Å². The molecule has 1 aliphatic rings. The number of aromatic nitrogens is 5. The fraction of sp³-hybridized carbons (Fsp3) is 0.538. The van der Waals surface area contributed by atoms with Crippen molar-refractivity contribution in [3.8, 4) is 5.95 Å². The van der Waals surface area contributed by atoms with Crippen molar-refractivity contribution in [3.05, 3.63) is 18.5 Å². The van der Waals surface area contributed by atoms with Crippen molar-refractivity contribution in [2.24, 2.45) is 0 Å². The molecule has 106 valence electrons. The highest BCUT2D eigenvalue weighted by Gasteiger charge is 2.24. The summed E-state index contributed by atoms with van der Waals surface area (Å²) in [6.07, 6.45) is 8.41. The standard InChI is InChI=1S/C13H19N7/c1-2-19(10-6-3-4-7-10)12-16-11(14)17-13(18-12)20-9-5-8-15-20/h5,8-10H,2-4,6-7H2,1H3,(H2,14,16,17,18). The van der Waals surface area contributed by atoms with E-state index in [1.807, 2.05) is 6.07 Å². The van der Waals surface area contributed by atoms with Crippen LogP contribution < -0.4 is 10.6 Å². The van der Waals surface area contributed by atoms with E-state index >= 15 is 0 Å². The Bertz CT molecular complexity index is 560. The Morgan fingerprint density at radius 3 is 2.75 bits per heavy atom. The summed E-state index contributed by atoms with van der Waals surface area (Å²) in [5.41, 5.74) is 5.83. The van der Waals surface area contributed by atoms with Crippen molar-refractivity contribution in [3.63, 3.8) is 0 Å². The van der Waals surface area contributed by atoms with Gasteiger partial charge in [0.05, 0.1) is 0 Å². The average Bonchev–Trinajstić information content (AvgIpc) is 3.12. The molecule has 2 aromatic rings. The number of anilines is 2. The second-order valence-corrected chi connectivity index (χ2v) is 4.97. The van der Waals surface area contributed by atoms with Crippen molar-refractivity contribution in [2.75, 3.05) is 17.2 Å². The minimum Gasteiger partial charge on any atom is -0.368 e. The second kappa shape index (κ2) is 5.44. The van der Waals surface area contributed by atoms with E-state index in [0.29, 0.717) is 17.9 Å². The van der Waals surface area contributed by atoms with Crippen LogP contribution in [-0.4, -0.2) is 37.3 Å². The molecule has 0 radical (unpaired) electrons. The average molecular weight is 273 g/mol. The van der Waals surface area contributed by atoms with Gasteiger partial charge in [-0.05, 0) is 25.8 Å². The molecule has 2 heterocycles. The van der Waals surface area contributed by atoms with Gasteiger partial charge in [-0.25, -0.2) is 4.68 Å². The van der Waals surface area contributed by atoms with Crippen LogP contribution in [0.5, 0.6) is 0 Å². The van der Waals surface area contributed by atoms with Gasteiger partial charge in [0, 0.05) is 25.0 Å². The largest absolute Gasteiger partial charge is 0.368 e. The third-order valence-electron chi connectivity index (χ3n) is 3.70. The quantitative estimate of drug-likeness (QED) is 0.906. The Morgan fingerprint density at radius 2 is 2.10 bits per heavy atom. The zero-order valence-corrected chi connectivity index (χ0v) is 11.6. The van der Waals surface area contributed by atoms with E-state index in [4.69, 9.17) is 5.73 Å². The van der Waals surface area contributed by atoms with Crippen LogP contribution >= 0.6 is 0 Å². The number of hydrogen-bond acceptors (Lipinski definition) is 6. The molecule has 0 atom stereocenters. The lowest BCUT2D eigenvalue weighted by Crippen LogP contribution is -2.35. The van der Waals surface area contributed by atoms with Gasteiger partial charge < -0.3 is 10.6 Å². The molecule has 2 N–H and O–H groups in total. The number of rotatable bonds is 4. The van der Waals surface area contributed by atoms with Crippen LogP contribution in [0.4, 0.5) is 11.9 Å². The predicted octanol–water partition coefficient (Wildman–Crippen LogP) is 1.41. The maximum Gasteiger partial charge on any atom is 0.257 e. The van der Waals surface area contributed by atoms with Gasteiger partial charge in [0.15, 0.2) is 0 Å². The molecule has 0 amide bonds. The molecule has 7 nitrogen and oxygen atoms in total. The van der Waals surface area contributed by atoms with Gasteiger partial charge in [-0.15, -0.1) is 0 Å². The molecule has 20 heavy (non-hydrogen) atoms. The van der Waals surface area contributed by atoms with Crippen LogP contribution in [0, 0.1) is 0 Å². The van der Waals surface area contributed by atoms with Crippen molar-refractivity contribution in [1.82, 2.24) is 24.7 Å². The first-order valence-corrected chi connectivity index (χ1v) is 7.06. The van der Waals surface area contributed by atoms with Crippen LogP contribution in [0.25, 0.3) is 5.95 Å². The van der Waals surface area contributed by atoms with Gasteiger partial charge in [-0.1, -0.05) is 12.8 Å². The smallest absolute Gasteiger partial charge is 0.257 e. The first-order valence-electron chi connectivity index (χ1n) is 7.06. The van der Waals surface area contributed by atoms with Gasteiger partial charge >= 0.3 is 0 Å². The maximum atomic E-state index is 5.83. The highest BCUT2D eigenvalue weighted by molar-refractivity contribution is 5.39. The Hall–Kier alpha value is -2.18. The molecule has 0 saturated heterocycles. The highest BCUT2D eigenvalue weighted by atomic mass is 15.4. The second-order valence-electron chi connectivity index (χ2n) is 4.97. The molecule has 0 aliphatic heterocycles. The topological polar surface area (TPSA) is 85.8 Å². The zero-order chi connectivity index (χ0) is 13.9. The van der Waals surface area contributed by atoms with Crippen LogP contribution in [0.3, 0.4) is 0 Å². The number of hydrogen-bond donors (Lipinski definition) is 1. The van der Waals surface area contributed by atoms with E-state index in [0.717, 1.165) is 6.54 Å². The minimum atomic E-state index is 0.233. The summed E-state index contributed by atoms with van der Waals surface area (Å²) in [6, 6.07) is 2.33. The van der Waals surface area contributed by atoms with E-state index in [2.05, 4.69) is 31.9 Å². The van der Waals surface area contributed by atoms with E-state index in [1.54, 1.807) is 17.1 Å². The summed E-state index contributed by atoms with van der Waals surface area (Å²) >= 11 is 0. The van der Waals surface area contributed by atoms with Crippen LogP contribution in [0.1, 0.15) is 32.6 Å². The minimum absolute atomic E-state index is 0.233. The van der Waals surface area contributed by atoms with Gasteiger partial charge in [-0.3, -0.25) is 0 Å². The van der Waals surface area contributed by atoms with Gasteiger partial charge in [-0.2, -0.15) is 20.1 Å². The molecule has 1 saturated carbocycles. The first-order chi connectivity index (χ1) is 9.78. The molecule has 2 aromatic heterocycles. The van der Waals surface area contributed by atoms with Crippen molar-refractivity contribution in [1.29, 1.82) is 0 Å². The molecule has 0 unspecified atom stereocenters. The third kappa shape index (κ3) is 2.43. The summed E-state index contributed by atoms with van der Waals surface area (Å²) in [5, 5.41) is 4.14. The molecule has 7 heteroatoms. The fourth-order valence-corrected chi connectivity index (χ4v) is 2.77. The highest BCUT2D eigenvalue weighted by Crippen LogP contribution is 2.26. The van der Waals surface area contributed by atoms with Crippen molar-refractivity contribution < 1.29 is 0 Å². The fourth-order valence-electron chi connectivity index (χ4n) is 2.77. The number of nitrogen functional groups attached to an aromatic ring is 1. The lowest BCUT2D eigenvalue weighted by molar-refractivity contribution is 0.601. The zero-order valence-electron chi connectivity index (χ0n) is 11.6. The monoisotopic (exact) mass is 273 g/mol. The van der Waals surface area contributed by atoms with Gasteiger partial charge in [0.1, 0.15) is 0 Å². The molecule has 3 rings (SSSR count). The SMILES string of the molecule is CCN(c1nc(N)nc(-n2cccn2)n1)C1CCCC1. The van der Waals surface area contributed by atoms with Gasteiger partial charge in [0.25, 0.3) is 5.95 Å². The van der Waals surface area contributed by atoms with E-state index < -0.39 is 0 Å². The summed E-state index contributed by atoms with van der Waals surface area (Å²) in [4.78, 5) is 15.2. The Balaban J connectivity index is 1.95. The Morgan fingerprint density at radius 1 is 1.30 bits per heavy atom. The normalized spacial score (nSPS) is 15.7. The molecule has 1 aliphatic carbocycles. The third-order valence-corrected chi connectivity index (χ3v) is 3.70. The summed E-state index contributed by atoms with van der Waals surface area (Å²) in [6.45, 7) is 2.98. The lowest BCUT2D eigenvalue weighted by Gasteiger charge is -2.27. The summed E-state index contributed by atoms with van der Waals surface area (Å²) in [7, 11) is 0. The van der Waals surface area contributed by atoms with Crippen molar-refractivity contribution in [2.45, 2.75) is 38.6 Å². The number of nitrogens with two attached hydrogens (primary N) is 1. The maximum absolute atomic E-state index is 5.83. The summed E-state index contributed by atoms with van der Waals surface area (Å²) in [5.74, 6) is 1.35. The van der Waals surface area contributed by atoms with Crippen LogP contribution in [-0.2, 0) is 0 Å². The van der Waals surface area contributed by atoms with Crippen LogP contribution in [0.15, 0.2) is 18.5 Å².